The van der Waals surface area contributed by atoms with Crippen LogP contribution in [0.15, 0.2) is 18.2 Å². The Morgan fingerprint density at radius 3 is 2.40 bits per heavy atom. The van der Waals surface area contributed by atoms with Gasteiger partial charge in [-0.05, 0) is 75.7 Å². The van der Waals surface area contributed by atoms with Gasteiger partial charge in [0.2, 0.25) is 0 Å². The highest BCUT2D eigenvalue weighted by molar-refractivity contribution is 14.2. The average Bonchev–Trinajstić information content (AvgIpc) is 2.10. The Labute approximate surface area is 120 Å². The van der Waals surface area contributed by atoms with Gasteiger partial charge >= 0.3 is 0 Å². The molecule has 1 aromatic rings. The van der Waals surface area contributed by atoms with Gasteiger partial charge in [-0.3, -0.25) is 0 Å². The van der Waals surface area contributed by atoms with Crippen molar-refractivity contribution < 1.29 is 8.76 Å². The molecule has 0 saturated heterocycles. The van der Waals surface area contributed by atoms with Crippen molar-refractivity contribution in [2.75, 3.05) is 0 Å². The molecule has 1 unspecified atom stereocenters. The molecule has 84 valence electrons. The Balaban J connectivity index is 2.91. The maximum atomic E-state index is 11.1. The molecule has 1 atom stereocenters. The molecule has 1 rings (SSSR count). The second-order valence-corrected chi connectivity index (χ2v) is 11.9. The first-order valence-electron chi connectivity index (χ1n) is 4.38. The fourth-order valence-electron chi connectivity index (χ4n) is 1.21. The zero-order valence-electron chi connectivity index (χ0n) is 8.46. The number of hydrogen-bond acceptors (Lipinski definition) is 1. The molecule has 0 spiro atoms. The summed E-state index contributed by atoms with van der Waals surface area (Å²) in [6.45, 7) is 4.11. The van der Waals surface area contributed by atoms with Crippen LogP contribution < -0.4 is 0 Å². The number of rotatable bonds is 3. The molecule has 15 heavy (non-hydrogen) atoms. The Kier molecular flexibility index (Phi) is 5.00. The van der Waals surface area contributed by atoms with Crippen molar-refractivity contribution in [3.05, 3.63) is 34.9 Å². The summed E-state index contributed by atoms with van der Waals surface area (Å²) in [6.07, 6.45) is 0.596. The van der Waals surface area contributed by atoms with Crippen LogP contribution in [0, 0.1) is 13.8 Å². The van der Waals surface area contributed by atoms with E-state index in [1.165, 1.54) is 11.1 Å². The van der Waals surface area contributed by atoms with E-state index >= 15 is 0 Å². The Hall–Kier alpha value is 0.790. The molecule has 5 heteroatoms. The van der Waals surface area contributed by atoms with Crippen LogP contribution in [0.2, 0.25) is 0 Å². The van der Waals surface area contributed by atoms with Crippen LogP contribution >= 0.6 is 45.2 Å². The predicted octanol–water partition coefficient (Wildman–Crippen LogP) is 3.59. The number of aryl methyl sites for hydroxylation is 2. The lowest BCUT2D eigenvalue weighted by Gasteiger charge is -2.16. The lowest BCUT2D eigenvalue weighted by atomic mass is 10.1. The highest BCUT2D eigenvalue weighted by Crippen LogP contribution is 2.34. The summed E-state index contributed by atoms with van der Waals surface area (Å²) in [5.41, 5.74) is 3.57. The third-order valence-corrected chi connectivity index (χ3v) is 5.92. The van der Waals surface area contributed by atoms with Gasteiger partial charge in [0.15, 0.2) is 11.8 Å². The second-order valence-electron chi connectivity index (χ2n) is 3.48. The Morgan fingerprint density at radius 2 is 1.93 bits per heavy atom. The van der Waals surface area contributed by atoms with Crippen LogP contribution in [-0.2, 0) is 17.5 Å². The number of hydrogen-bond donors (Lipinski definition) is 1. The summed E-state index contributed by atoms with van der Waals surface area (Å²) < 4.78 is 19.6. The molecule has 0 radical (unpaired) electrons. The van der Waals surface area contributed by atoms with E-state index in [-0.39, 0.29) is 0 Å². The Morgan fingerprint density at radius 1 is 1.33 bits per heavy atom. The van der Waals surface area contributed by atoms with E-state index in [9.17, 15) is 4.21 Å². The fraction of sp³-hybridized carbons (Fsp3) is 0.400. The maximum Gasteiger partial charge on any atom is 0.179 e. The van der Waals surface area contributed by atoms with Gasteiger partial charge in [0, 0.05) is 6.42 Å². The molecule has 1 N–H and O–H groups in total. The van der Waals surface area contributed by atoms with E-state index in [1.807, 2.05) is 57.3 Å². The normalized spacial score (nSPS) is 13.9. The van der Waals surface area contributed by atoms with Crippen LogP contribution in [0.4, 0.5) is 0 Å². The number of benzene rings is 1. The zero-order chi connectivity index (χ0) is 11.6. The summed E-state index contributed by atoms with van der Waals surface area (Å²) >= 11 is 2.24. The van der Waals surface area contributed by atoms with Gasteiger partial charge in [-0.15, -0.1) is 0 Å². The van der Waals surface area contributed by atoms with Crippen molar-refractivity contribution >= 4 is 56.3 Å². The predicted molar refractivity (Wildman–Crippen MR) is 81.2 cm³/mol. The van der Waals surface area contributed by atoms with E-state index in [0.717, 1.165) is 5.56 Å². The largest absolute Gasteiger partial charge is 0.304 e. The molecule has 0 aromatic heterocycles. The molecule has 0 aliphatic rings. The summed E-state index contributed by atoms with van der Waals surface area (Å²) in [7, 11) is 0. The molecule has 0 heterocycles. The highest BCUT2D eigenvalue weighted by atomic mass is 127. The minimum Gasteiger partial charge on any atom is -0.304 e. The minimum atomic E-state index is -1.82. The fourth-order valence-corrected chi connectivity index (χ4v) is 2.38. The molecule has 1 aromatic carbocycles. The molecular weight excluding hydrogens is 438 g/mol. The molecule has 0 aliphatic carbocycles. The number of alkyl halides is 2. The topological polar surface area (TPSA) is 37.3 Å². The molecule has 0 bridgehead atoms. The quantitative estimate of drug-likeness (QED) is 0.435. The lowest BCUT2D eigenvalue weighted by molar-refractivity contribution is 0.560. The maximum absolute atomic E-state index is 11.1. The number of halogens is 2. The van der Waals surface area contributed by atoms with E-state index in [0.29, 0.717) is 6.42 Å². The van der Waals surface area contributed by atoms with Gasteiger partial charge in [0.05, 0.1) is 0 Å². The van der Waals surface area contributed by atoms with Gasteiger partial charge in [0.1, 0.15) is 0 Å². The highest BCUT2D eigenvalue weighted by Gasteiger charge is 2.29. The van der Waals surface area contributed by atoms with E-state index in [4.69, 9.17) is 4.55 Å². The van der Waals surface area contributed by atoms with Crippen LogP contribution in [0.25, 0.3) is 0 Å². The summed E-state index contributed by atoms with van der Waals surface area (Å²) in [5, 5.41) is 0. The molecule has 0 saturated carbocycles. The summed E-state index contributed by atoms with van der Waals surface area (Å²) in [4.78, 5) is 0. The lowest BCUT2D eigenvalue weighted by Crippen LogP contribution is -2.21. The van der Waals surface area contributed by atoms with Crippen molar-refractivity contribution in [1.29, 1.82) is 0 Å². The second kappa shape index (κ2) is 5.42. The molecular formula is C10H12I2O2S. The van der Waals surface area contributed by atoms with E-state index in [2.05, 4.69) is 19.9 Å². The van der Waals surface area contributed by atoms with Crippen molar-refractivity contribution in [3.63, 3.8) is 0 Å². The third-order valence-electron chi connectivity index (χ3n) is 2.24. The first kappa shape index (κ1) is 13.9. The first-order valence-corrected chi connectivity index (χ1v) is 7.64. The first-order chi connectivity index (χ1) is 6.83. The van der Waals surface area contributed by atoms with Crippen molar-refractivity contribution in [2.45, 2.75) is 21.0 Å². The average molecular weight is 450 g/mol. The molecule has 0 aliphatic heterocycles. The van der Waals surface area contributed by atoms with Crippen molar-refractivity contribution in [1.82, 2.24) is 0 Å². The van der Waals surface area contributed by atoms with Gasteiger partial charge in [-0.25, -0.2) is 4.21 Å². The molecule has 0 fully saturated rings. The smallest absolute Gasteiger partial charge is 0.179 e. The monoisotopic (exact) mass is 450 g/mol. The third kappa shape index (κ3) is 3.94. The standard InChI is InChI=1S/C10H12I2O2S/c1-7-3-4-9(5-8(7)2)6-10(11,12)15(13)14/h3-5H,6H2,1-2H3,(H,13,14). The van der Waals surface area contributed by atoms with Crippen molar-refractivity contribution in [2.24, 2.45) is 0 Å². The van der Waals surface area contributed by atoms with Gasteiger partial charge in [-0.1, -0.05) is 18.2 Å². The summed E-state index contributed by atoms with van der Waals surface area (Å²) in [6, 6.07) is 6.14. The molecule has 0 amide bonds. The molecule has 2 nitrogen and oxygen atoms in total. The van der Waals surface area contributed by atoms with Gasteiger partial charge in [0.25, 0.3) is 0 Å². The van der Waals surface area contributed by atoms with Crippen molar-refractivity contribution in [3.8, 4) is 0 Å². The van der Waals surface area contributed by atoms with Crippen LogP contribution in [0.1, 0.15) is 16.7 Å². The van der Waals surface area contributed by atoms with Gasteiger partial charge < -0.3 is 4.55 Å². The van der Waals surface area contributed by atoms with Gasteiger partial charge in [-0.2, -0.15) is 0 Å². The van der Waals surface area contributed by atoms with Crippen LogP contribution in [-0.4, -0.2) is 9.52 Å². The van der Waals surface area contributed by atoms with Crippen LogP contribution in [0.3, 0.4) is 0 Å². The van der Waals surface area contributed by atoms with Crippen LogP contribution in [0.5, 0.6) is 0 Å². The minimum absolute atomic E-state index is 0.596. The van der Waals surface area contributed by atoms with E-state index in [1.54, 1.807) is 0 Å². The SMILES string of the molecule is Cc1ccc(CC(I)(I)S(=O)O)cc1C. The Bertz CT molecular complexity index is 391. The van der Waals surface area contributed by atoms with E-state index < -0.39 is 11.8 Å². The summed E-state index contributed by atoms with van der Waals surface area (Å²) in [5.74, 6) is 0. The zero-order valence-corrected chi connectivity index (χ0v) is 13.6.